The monoisotopic (exact) mass is 383 g/mol. The number of nitrogens with zero attached hydrogens (tertiary/aromatic N) is 1. The molecule has 2 amide bonds. The number of halogens is 1. The summed E-state index contributed by atoms with van der Waals surface area (Å²) < 4.78 is 13.0. The Labute approximate surface area is 164 Å². The Morgan fingerprint density at radius 1 is 1.04 bits per heavy atom. The Hall–Kier alpha value is -2.73. The molecule has 148 valence electrons. The van der Waals surface area contributed by atoms with E-state index in [-0.39, 0.29) is 17.6 Å². The highest BCUT2D eigenvalue weighted by Gasteiger charge is 2.39. The van der Waals surface area contributed by atoms with Crippen LogP contribution in [0.25, 0.3) is 0 Å². The Kier molecular flexibility index (Phi) is 5.79. The van der Waals surface area contributed by atoms with Gasteiger partial charge in [-0.25, -0.2) is 4.39 Å². The van der Waals surface area contributed by atoms with E-state index in [0.29, 0.717) is 43.1 Å². The van der Waals surface area contributed by atoms with Crippen LogP contribution in [-0.2, 0) is 4.79 Å². The highest BCUT2D eigenvalue weighted by molar-refractivity contribution is 5.99. The van der Waals surface area contributed by atoms with Crippen LogP contribution in [0.5, 0.6) is 0 Å². The number of hydrogen-bond acceptors (Lipinski definition) is 3. The van der Waals surface area contributed by atoms with Crippen LogP contribution in [0.15, 0.2) is 48.5 Å². The number of anilines is 1. The van der Waals surface area contributed by atoms with Gasteiger partial charge in [-0.15, -0.1) is 0 Å². The molecule has 0 aliphatic carbocycles. The van der Waals surface area contributed by atoms with Crippen LogP contribution < -0.4 is 11.1 Å². The maximum atomic E-state index is 13.0. The van der Waals surface area contributed by atoms with Gasteiger partial charge >= 0.3 is 0 Å². The number of rotatable bonds is 4. The van der Waals surface area contributed by atoms with E-state index in [1.54, 1.807) is 4.90 Å². The van der Waals surface area contributed by atoms with Crippen molar-refractivity contribution in [2.45, 2.75) is 38.1 Å². The summed E-state index contributed by atoms with van der Waals surface area (Å²) in [7, 11) is 0. The molecule has 2 aromatic rings. The lowest BCUT2D eigenvalue weighted by Gasteiger charge is -2.38. The van der Waals surface area contributed by atoms with E-state index < -0.39 is 5.54 Å². The van der Waals surface area contributed by atoms with Crippen molar-refractivity contribution in [3.05, 3.63) is 65.5 Å². The number of carbonyl (C=O) groups is 2. The molecule has 1 aliphatic heterocycles. The first-order chi connectivity index (χ1) is 13.3. The average Bonchev–Trinajstić information content (AvgIpc) is 2.69. The maximum absolute atomic E-state index is 13.0. The molecule has 0 bridgehead atoms. The van der Waals surface area contributed by atoms with Crippen LogP contribution in [-0.4, -0.2) is 35.3 Å². The Morgan fingerprint density at radius 3 is 2.14 bits per heavy atom. The third-order valence-corrected chi connectivity index (χ3v) is 5.32. The first-order valence-electron chi connectivity index (χ1n) is 9.54. The zero-order valence-corrected chi connectivity index (χ0v) is 16.2. The van der Waals surface area contributed by atoms with Gasteiger partial charge in [0.15, 0.2) is 0 Å². The molecule has 1 aliphatic rings. The van der Waals surface area contributed by atoms with Crippen LogP contribution in [0.4, 0.5) is 10.1 Å². The highest BCUT2D eigenvalue weighted by atomic mass is 19.1. The molecule has 0 aromatic heterocycles. The van der Waals surface area contributed by atoms with E-state index in [0.717, 1.165) is 0 Å². The van der Waals surface area contributed by atoms with E-state index >= 15 is 0 Å². The average molecular weight is 383 g/mol. The standard InChI is InChI=1S/C22H26FN3O2/c1-15(2)16-5-9-19(10-6-16)25-21(28)22(24)11-13-26(14-12-22)20(27)17-3-7-18(23)8-4-17/h3-10,15H,11-14,24H2,1-2H3,(H,25,28). The van der Waals surface area contributed by atoms with Crippen molar-refractivity contribution in [1.29, 1.82) is 0 Å². The SMILES string of the molecule is CC(C)c1ccc(NC(=O)C2(N)CCN(C(=O)c3ccc(F)cc3)CC2)cc1. The van der Waals surface area contributed by atoms with Crippen molar-refractivity contribution in [1.82, 2.24) is 4.90 Å². The minimum absolute atomic E-state index is 0.174. The first kappa shape index (κ1) is 20.0. The van der Waals surface area contributed by atoms with Gasteiger partial charge in [0.25, 0.3) is 5.91 Å². The van der Waals surface area contributed by atoms with Crippen molar-refractivity contribution in [2.24, 2.45) is 5.73 Å². The van der Waals surface area contributed by atoms with Gasteiger partial charge in [0.05, 0.1) is 5.54 Å². The normalized spacial score (nSPS) is 16.1. The number of likely N-dealkylation sites (tertiary alicyclic amines) is 1. The minimum atomic E-state index is -1.02. The molecule has 3 rings (SSSR count). The molecule has 1 saturated heterocycles. The molecule has 0 saturated carbocycles. The Bertz CT molecular complexity index is 839. The van der Waals surface area contributed by atoms with Gasteiger partial charge in [-0.1, -0.05) is 26.0 Å². The summed E-state index contributed by atoms with van der Waals surface area (Å²) in [4.78, 5) is 26.9. The van der Waals surface area contributed by atoms with Crippen molar-refractivity contribution < 1.29 is 14.0 Å². The number of carbonyl (C=O) groups excluding carboxylic acids is 2. The second-order valence-electron chi connectivity index (χ2n) is 7.69. The molecule has 0 radical (unpaired) electrons. The van der Waals surface area contributed by atoms with E-state index in [2.05, 4.69) is 19.2 Å². The molecule has 3 N–H and O–H groups in total. The third kappa shape index (κ3) is 4.39. The number of hydrogen-bond donors (Lipinski definition) is 2. The fourth-order valence-corrected chi connectivity index (χ4v) is 3.32. The maximum Gasteiger partial charge on any atom is 0.253 e. The molecule has 0 spiro atoms. The zero-order chi connectivity index (χ0) is 20.3. The predicted octanol–water partition coefficient (Wildman–Crippen LogP) is 3.52. The lowest BCUT2D eigenvalue weighted by molar-refractivity contribution is -0.122. The van der Waals surface area contributed by atoms with Crippen LogP contribution in [0, 0.1) is 5.82 Å². The topological polar surface area (TPSA) is 75.4 Å². The van der Waals surface area contributed by atoms with Crippen molar-refractivity contribution in [3.63, 3.8) is 0 Å². The quantitative estimate of drug-likeness (QED) is 0.848. The number of amides is 2. The summed E-state index contributed by atoms with van der Waals surface area (Å²) in [5.74, 6) is -0.367. The van der Waals surface area contributed by atoms with Crippen molar-refractivity contribution >= 4 is 17.5 Å². The predicted molar refractivity (Wildman–Crippen MR) is 108 cm³/mol. The molecule has 1 fully saturated rings. The second kappa shape index (κ2) is 8.10. The van der Waals surface area contributed by atoms with E-state index in [4.69, 9.17) is 5.73 Å². The number of benzene rings is 2. The molecule has 2 aromatic carbocycles. The largest absolute Gasteiger partial charge is 0.338 e. The lowest BCUT2D eigenvalue weighted by atomic mass is 9.87. The summed E-state index contributed by atoms with van der Waals surface area (Å²) in [6.07, 6.45) is 0.742. The van der Waals surface area contributed by atoms with Crippen LogP contribution in [0.3, 0.4) is 0 Å². The number of nitrogens with one attached hydrogen (secondary N) is 1. The molecule has 6 heteroatoms. The molecular weight excluding hydrogens is 357 g/mol. The van der Waals surface area contributed by atoms with Gasteiger partial charge in [-0.05, 0) is 60.7 Å². The summed E-state index contributed by atoms with van der Waals surface area (Å²) in [5, 5.41) is 2.89. The second-order valence-corrected chi connectivity index (χ2v) is 7.69. The van der Waals surface area contributed by atoms with Crippen molar-refractivity contribution in [3.8, 4) is 0 Å². The molecule has 0 atom stereocenters. The van der Waals surface area contributed by atoms with E-state index in [1.165, 1.54) is 29.8 Å². The van der Waals surface area contributed by atoms with Crippen LogP contribution in [0.2, 0.25) is 0 Å². The van der Waals surface area contributed by atoms with Gasteiger partial charge in [0.1, 0.15) is 5.82 Å². The molecule has 0 unspecified atom stereocenters. The Balaban J connectivity index is 1.59. The number of nitrogens with two attached hydrogens (primary N) is 1. The van der Waals surface area contributed by atoms with Gasteiger partial charge in [-0.2, -0.15) is 0 Å². The fraction of sp³-hybridized carbons (Fsp3) is 0.364. The smallest absolute Gasteiger partial charge is 0.253 e. The van der Waals surface area contributed by atoms with E-state index in [9.17, 15) is 14.0 Å². The molecule has 28 heavy (non-hydrogen) atoms. The highest BCUT2D eigenvalue weighted by Crippen LogP contribution is 2.24. The number of piperidine rings is 1. The van der Waals surface area contributed by atoms with Gasteiger partial charge in [0, 0.05) is 24.3 Å². The van der Waals surface area contributed by atoms with Crippen LogP contribution in [0.1, 0.15) is 48.5 Å². The third-order valence-electron chi connectivity index (χ3n) is 5.32. The van der Waals surface area contributed by atoms with Crippen LogP contribution >= 0.6 is 0 Å². The minimum Gasteiger partial charge on any atom is -0.338 e. The molecule has 1 heterocycles. The lowest BCUT2D eigenvalue weighted by Crippen LogP contribution is -2.58. The van der Waals surface area contributed by atoms with Gasteiger partial charge in [-0.3, -0.25) is 9.59 Å². The molecular formula is C22H26FN3O2. The fourth-order valence-electron chi connectivity index (χ4n) is 3.32. The van der Waals surface area contributed by atoms with Crippen molar-refractivity contribution in [2.75, 3.05) is 18.4 Å². The molecule has 5 nitrogen and oxygen atoms in total. The summed E-state index contributed by atoms with van der Waals surface area (Å²) in [6, 6.07) is 13.2. The summed E-state index contributed by atoms with van der Waals surface area (Å²) in [5.41, 5.74) is 7.68. The Morgan fingerprint density at radius 2 is 1.61 bits per heavy atom. The van der Waals surface area contributed by atoms with Gasteiger partial charge < -0.3 is 16.0 Å². The van der Waals surface area contributed by atoms with E-state index in [1.807, 2.05) is 24.3 Å². The zero-order valence-electron chi connectivity index (χ0n) is 16.2. The van der Waals surface area contributed by atoms with Gasteiger partial charge in [0.2, 0.25) is 5.91 Å². The summed E-state index contributed by atoms with van der Waals surface area (Å²) >= 11 is 0. The first-order valence-corrected chi connectivity index (χ1v) is 9.54. The summed E-state index contributed by atoms with van der Waals surface area (Å²) in [6.45, 7) is 4.99.